The fourth-order valence-electron chi connectivity index (χ4n) is 2.45. The molecule has 0 aliphatic carbocycles. The molecule has 4 heteroatoms. The Labute approximate surface area is 132 Å². The number of carbonyl (C=O) groups excluding carboxylic acids is 1. The molecule has 0 radical (unpaired) electrons. The number of carboxylic acid groups (broad SMARTS) is 1. The van der Waals surface area contributed by atoms with Crippen LogP contribution in [0.5, 0.6) is 0 Å². The van der Waals surface area contributed by atoms with E-state index in [9.17, 15) is 14.7 Å². The van der Waals surface area contributed by atoms with Gasteiger partial charge in [0.25, 0.3) is 0 Å². The van der Waals surface area contributed by atoms with Crippen molar-refractivity contribution >= 4 is 11.9 Å². The third kappa shape index (κ3) is 3.67. The van der Waals surface area contributed by atoms with Crippen LogP contribution >= 0.6 is 0 Å². The smallest absolute Gasteiger partial charge is 0.311 e. The maximum absolute atomic E-state index is 12.5. The Morgan fingerprint density at radius 2 is 1.59 bits per heavy atom. The fourth-order valence-corrected chi connectivity index (χ4v) is 2.45. The summed E-state index contributed by atoms with van der Waals surface area (Å²) in [5.74, 6) is -1.00. The van der Waals surface area contributed by atoms with E-state index in [1.807, 2.05) is 58.9 Å². The van der Waals surface area contributed by atoms with Crippen molar-refractivity contribution in [2.45, 2.75) is 52.9 Å². The van der Waals surface area contributed by atoms with E-state index in [0.29, 0.717) is 12.8 Å². The molecule has 2 N–H and O–H groups in total. The third-order valence-corrected chi connectivity index (χ3v) is 4.74. The lowest BCUT2D eigenvalue weighted by Crippen LogP contribution is -2.47. The monoisotopic (exact) mass is 305 g/mol. The second-order valence-corrected chi connectivity index (χ2v) is 6.47. The Balaban J connectivity index is 2.87. The average molecular weight is 305 g/mol. The maximum atomic E-state index is 12.5. The minimum atomic E-state index is -0.890. The molecule has 0 fully saturated rings. The van der Waals surface area contributed by atoms with Crippen molar-refractivity contribution in [2.75, 3.05) is 6.54 Å². The minimum Gasteiger partial charge on any atom is -0.481 e. The largest absolute Gasteiger partial charge is 0.481 e. The van der Waals surface area contributed by atoms with E-state index in [1.54, 1.807) is 0 Å². The van der Waals surface area contributed by atoms with E-state index in [4.69, 9.17) is 0 Å². The number of aryl methyl sites for hydroxylation is 1. The first kappa shape index (κ1) is 18.2. The van der Waals surface area contributed by atoms with Crippen LogP contribution in [0.2, 0.25) is 0 Å². The van der Waals surface area contributed by atoms with Crippen molar-refractivity contribution in [2.24, 2.45) is 5.41 Å². The third-order valence-electron chi connectivity index (χ3n) is 4.74. The van der Waals surface area contributed by atoms with Gasteiger partial charge in [0.2, 0.25) is 5.91 Å². The maximum Gasteiger partial charge on any atom is 0.311 e. The lowest BCUT2D eigenvalue weighted by Gasteiger charge is -2.30. The summed E-state index contributed by atoms with van der Waals surface area (Å²) in [7, 11) is 0. The van der Waals surface area contributed by atoms with Gasteiger partial charge in [-0.2, -0.15) is 0 Å². The standard InChI is InChI=1S/C18H27NO3/c1-6-18(7-2,16(21)22)12-19-15(20)17(4,5)14-10-8-13(3)9-11-14/h8-11H,6-7,12H2,1-5H3,(H,19,20)(H,21,22). The summed E-state index contributed by atoms with van der Waals surface area (Å²) < 4.78 is 0. The van der Waals surface area contributed by atoms with Crippen molar-refractivity contribution in [3.63, 3.8) is 0 Å². The average Bonchev–Trinajstić information content (AvgIpc) is 2.48. The number of hydrogen-bond acceptors (Lipinski definition) is 2. The minimum absolute atomic E-state index is 0.149. The molecule has 0 atom stereocenters. The molecule has 0 saturated heterocycles. The zero-order valence-electron chi connectivity index (χ0n) is 14.2. The Morgan fingerprint density at radius 1 is 1.09 bits per heavy atom. The van der Waals surface area contributed by atoms with Crippen molar-refractivity contribution in [1.29, 1.82) is 0 Å². The highest BCUT2D eigenvalue weighted by molar-refractivity contribution is 5.88. The van der Waals surface area contributed by atoms with E-state index >= 15 is 0 Å². The van der Waals surface area contributed by atoms with Gasteiger partial charge in [-0.1, -0.05) is 43.7 Å². The van der Waals surface area contributed by atoms with Gasteiger partial charge in [-0.25, -0.2) is 0 Å². The highest BCUT2D eigenvalue weighted by Gasteiger charge is 2.37. The van der Waals surface area contributed by atoms with E-state index < -0.39 is 16.8 Å². The zero-order chi connectivity index (χ0) is 17.0. The number of amides is 1. The number of benzene rings is 1. The van der Waals surface area contributed by atoms with Gasteiger partial charge in [0, 0.05) is 6.54 Å². The van der Waals surface area contributed by atoms with Crippen LogP contribution in [0.25, 0.3) is 0 Å². The van der Waals surface area contributed by atoms with Crippen LogP contribution < -0.4 is 5.32 Å². The number of hydrogen-bond donors (Lipinski definition) is 2. The molecule has 22 heavy (non-hydrogen) atoms. The molecule has 0 bridgehead atoms. The second-order valence-electron chi connectivity index (χ2n) is 6.47. The molecule has 0 spiro atoms. The van der Waals surface area contributed by atoms with Crippen LogP contribution in [-0.4, -0.2) is 23.5 Å². The summed E-state index contributed by atoms with van der Waals surface area (Å²) in [5, 5.41) is 12.3. The second kappa shape index (κ2) is 6.95. The molecule has 0 saturated carbocycles. The first-order chi connectivity index (χ1) is 10.2. The van der Waals surface area contributed by atoms with Gasteiger partial charge in [-0.3, -0.25) is 9.59 Å². The van der Waals surface area contributed by atoms with Crippen molar-refractivity contribution in [1.82, 2.24) is 5.32 Å². The number of aliphatic carboxylic acids is 1. The molecule has 122 valence electrons. The lowest BCUT2D eigenvalue weighted by atomic mass is 9.80. The predicted molar refractivity (Wildman–Crippen MR) is 87.9 cm³/mol. The summed E-state index contributed by atoms with van der Waals surface area (Å²) in [6.45, 7) is 9.55. The van der Waals surface area contributed by atoms with Crippen LogP contribution in [-0.2, 0) is 15.0 Å². The summed E-state index contributed by atoms with van der Waals surface area (Å²) in [5.41, 5.74) is 0.477. The van der Waals surface area contributed by atoms with E-state index in [2.05, 4.69) is 5.32 Å². The van der Waals surface area contributed by atoms with Crippen molar-refractivity contribution in [3.05, 3.63) is 35.4 Å². The van der Waals surface area contributed by atoms with Gasteiger partial charge in [0.15, 0.2) is 0 Å². The van der Waals surface area contributed by atoms with Crippen LogP contribution in [0.3, 0.4) is 0 Å². The summed E-state index contributed by atoms with van der Waals surface area (Å²) >= 11 is 0. The van der Waals surface area contributed by atoms with E-state index in [-0.39, 0.29) is 12.5 Å². The Hall–Kier alpha value is -1.84. The molecule has 0 aliphatic rings. The zero-order valence-corrected chi connectivity index (χ0v) is 14.2. The van der Waals surface area contributed by atoms with Gasteiger partial charge < -0.3 is 10.4 Å². The van der Waals surface area contributed by atoms with Gasteiger partial charge >= 0.3 is 5.97 Å². The summed E-state index contributed by atoms with van der Waals surface area (Å²) in [6, 6.07) is 7.84. The van der Waals surface area contributed by atoms with Crippen molar-refractivity contribution < 1.29 is 14.7 Å². The van der Waals surface area contributed by atoms with Gasteiger partial charge in [-0.05, 0) is 39.2 Å². The molecule has 0 aliphatic heterocycles. The quantitative estimate of drug-likeness (QED) is 0.812. The van der Waals surface area contributed by atoms with E-state index in [0.717, 1.165) is 11.1 Å². The SMILES string of the molecule is CCC(CC)(CNC(=O)C(C)(C)c1ccc(C)cc1)C(=O)O. The van der Waals surface area contributed by atoms with Crippen LogP contribution in [0, 0.1) is 12.3 Å². The van der Waals surface area contributed by atoms with Gasteiger partial charge in [0.1, 0.15) is 0 Å². The molecular weight excluding hydrogens is 278 g/mol. The number of rotatable bonds is 7. The molecule has 1 amide bonds. The van der Waals surface area contributed by atoms with Gasteiger partial charge in [0.05, 0.1) is 10.8 Å². The molecule has 1 aromatic rings. The molecule has 4 nitrogen and oxygen atoms in total. The first-order valence-corrected chi connectivity index (χ1v) is 7.78. The molecule has 1 rings (SSSR count). The Bertz CT molecular complexity index is 528. The topological polar surface area (TPSA) is 66.4 Å². The highest BCUT2D eigenvalue weighted by atomic mass is 16.4. The van der Waals surface area contributed by atoms with Crippen LogP contribution in [0.15, 0.2) is 24.3 Å². The highest BCUT2D eigenvalue weighted by Crippen LogP contribution is 2.28. The van der Waals surface area contributed by atoms with Gasteiger partial charge in [-0.15, -0.1) is 0 Å². The molecule has 1 aromatic carbocycles. The number of nitrogens with one attached hydrogen (secondary N) is 1. The summed E-state index contributed by atoms with van der Waals surface area (Å²) in [6.07, 6.45) is 0.980. The molecule has 0 aromatic heterocycles. The normalized spacial score (nSPS) is 12.0. The van der Waals surface area contributed by atoms with Crippen molar-refractivity contribution in [3.8, 4) is 0 Å². The molecule has 0 heterocycles. The first-order valence-electron chi connectivity index (χ1n) is 7.78. The molecular formula is C18H27NO3. The fraction of sp³-hybridized carbons (Fsp3) is 0.556. The lowest BCUT2D eigenvalue weighted by molar-refractivity contribution is -0.149. The summed E-state index contributed by atoms with van der Waals surface area (Å²) in [4.78, 5) is 24.0. The predicted octanol–water partition coefficient (Wildman–Crippen LogP) is 3.28. The number of carboxylic acids is 1. The Morgan fingerprint density at radius 3 is 2.00 bits per heavy atom. The van der Waals surface area contributed by atoms with Crippen LogP contribution in [0.1, 0.15) is 51.7 Å². The molecule has 0 unspecified atom stereocenters. The van der Waals surface area contributed by atoms with E-state index in [1.165, 1.54) is 0 Å². The van der Waals surface area contributed by atoms with Crippen LogP contribution in [0.4, 0.5) is 0 Å². The Kier molecular flexibility index (Phi) is 5.75. The number of carbonyl (C=O) groups is 2.